The van der Waals surface area contributed by atoms with Gasteiger partial charge in [-0.05, 0) is 49.7 Å². The normalized spacial score (nSPS) is 10.4. The summed E-state index contributed by atoms with van der Waals surface area (Å²) in [7, 11) is 1.76. The van der Waals surface area contributed by atoms with Crippen molar-refractivity contribution in [2.45, 2.75) is 20.3 Å². The van der Waals surface area contributed by atoms with Gasteiger partial charge in [0.05, 0.1) is 13.0 Å². The molecule has 116 valence electrons. The molecule has 0 aliphatic heterocycles. The summed E-state index contributed by atoms with van der Waals surface area (Å²) in [5.41, 5.74) is 3.13. The lowest BCUT2D eigenvalue weighted by Crippen LogP contribution is -2.28. The van der Waals surface area contributed by atoms with Gasteiger partial charge in [0.25, 0.3) is 0 Å². The number of anilines is 1. The second-order valence-corrected chi connectivity index (χ2v) is 5.30. The monoisotopic (exact) mass is 301 g/mol. The van der Waals surface area contributed by atoms with Crippen LogP contribution in [0.15, 0.2) is 42.5 Å². The van der Waals surface area contributed by atoms with Gasteiger partial charge in [-0.1, -0.05) is 17.7 Å². The first-order valence-corrected chi connectivity index (χ1v) is 7.19. The van der Waals surface area contributed by atoms with E-state index in [0.717, 1.165) is 11.3 Å². The molecular formula is C18H20FNO2. The van der Waals surface area contributed by atoms with Gasteiger partial charge in [-0.15, -0.1) is 0 Å². The third kappa shape index (κ3) is 4.07. The average Bonchev–Trinajstić information content (AvgIpc) is 2.48. The summed E-state index contributed by atoms with van der Waals surface area (Å²) in [6.45, 7) is 4.27. The number of hydrogen-bond acceptors (Lipinski definition) is 2. The maximum Gasteiger partial charge on any atom is 0.230 e. The molecule has 2 aromatic rings. The summed E-state index contributed by atoms with van der Waals surface area (Å²) in [5.74, 6) is 0.232. The van der Waals surface area contributed by atoms with Gasteiger partial charge in [-0.2, -0.15) is 0 Å². The summed E-state index contributed by atoms with van der Waals surface area (Å²) in [4.78, 5) is 13.9. The molecule has 0 aliphatic carbocycles. The molecule has 0 aromatic heterocycles. The molecule has 2 aromatic carbocycles. The minimum atomic E-state index is -0.307. The van der Waals surface area contributed by atoms with Crippen LogP contribution >= 0.6 is 0 Å². The van der Waals surface area contributed by atoms with Gasteiger partial charge >= 0.3 is 0 Å². The highest BCUT2D eigenvalue weighted by Gasteiger charge is 2.13. The van der Waals surface area contributed by atoms with Crippen LogP contribution in [0.1, 0.15) is 17.5 Å². The Labute approximate surface area is 130 Å². The van der Waals surface area contributed by atoms with Crippen LogP contribution in [0.5, 0.6) is 5.75 Å². The van der Waals surface area contributed by atoms with Crippen LogP contribution in [0, 0.1) is 19.7 Å². The predicted molar refractivity (Wildman–Crippen MR) is 85.8 cm³/mol. The quantitative estimate of drug-likeness (QED) is 0.839. The molecule has 3 nitrogen and oxygen atoms in total. The van der Waals surface area contributed by atoms with Gasteiger partial charge in [-0.3, -0.25) is 4.79 Å². The van der Waals surface area contributed by atoms with Gasteiger partial charge < -0.3 is 9.64 Å². The second-order valence-electron chi connectivity index (χ2n) is 5.30. The van der Waals surface area contributed by atoms with Gasteiger partial charge in [0.1, 0.15) is 11.6 Å². The van der Waals surface area contributed by atoms with E-state index >= 15 is 0 Å². The highest BCUT2D eigenvalue weighted by atomic mass is 19.1. The van der Waals surface area contributed by atoms with E-state index < -0.39 is 0 Å². The van der Waals surface area contributed by atoms with Crippen molar-refractivity contribution < 1.29 is 13.9 Å². The summed E-state index contributed by atoms with van der Waals surface area (Å²) < 4.78 is 18.2. The van der Waals surface area contributed by atoms with E-state index in [1.165, 1.54) is 17.7 Å². The zero-order valence-corrected chi connectivity index (χ0v) is 13.1. The predicted octanol–water partition coefficient (Wildman–Crippen LogP) is 3.87. The summed E-state index contributed by atoms with van der Waals surface area (Å²) in [6, 6.07) is 11.7. The Morgan fingerprint density at radius 1 is 1.14 bits per heavy atom. The van der Waals surface area contributed by atoms with Crippen molar-refractivity contribution in [3.63, 3.8) is 0 Å². The maximum absolute atomic E-state index is 12.8. The molecule has 0 radical (unpaired) electrons. The molecule has 0 atom stereocenters. The van der Waals surface area contributed by atoms with Crippen LogP contribution < -0.4 is 9.64 Å². The van der Waals surface area contributed by atoms with E-state index in [2.05, 4.69) is 0 Å². The summed E-state index contributed by atoms with van der Waals surface area (Å²) in [6.07, 6.45) is 0.265. The number of aryl methyl sites for hydroxylation is 2. The van der Waals surface area contributed by atoms with Gasteiger partial charge in [0, 0.05) is 12.7 Å². The molecule has 0 bridgehead atoms. The van der Waals surface area contributed by atoms with E-state index in [1.54, 1.807) is 24.1 Å². The molecule has 4 heteroatoms. The molecule has 0 fully saturated rings. The van der Waals surface area contributed by atoms with Crippen LogP contribution in [0.3, 0.4) is 0 Å². The third-order valence-electron chi connectivity index (χ3n) is 3.49. The number of ether oxygens (including phenoxy) is 1. The van der Waals surface area contributed by atoms with Crippen molar-refractivity contribution in [3.8, 4) is 5.75 Å². The Morgan fingerprint density at radius 3 is 2.45 bits per heavy atom. The van der Waals surface area contributed by atoms with Crippen molar-refractivity contribution in [3.05, 3.63) is 59.4 Å². The Kier molecular flexibility index (Phi) is 5.15. The fourth-order valence-electron chi connectivity index (χ4n) is 2.27. The van der Waals surface area contributed by atoms with Crippen LogP contribution in [-0.2, 0) is 4.79 Å². The summed E-state index contributed by atoms with van der Waals surface area (Å²) in [5, 5.41) is 0. The number of rotatable bonds is 5. The number of nitrogens with zero attached hydrogens (tertiary/aromatic N) is 1. The lowest BCUT2D eigenvalue weighted by atomic mass is 10.1. The number of hydrogen-bond donors (Lipinski definition) is 0. The van der Waals surface area contributed by atoms with Crippen LogP contribution in [0.2, 0.25) is 0 Å². The molecule has 0 heterocycles. The van der Waals surface area contributed by atoms with Crippen molar-refractivity contribution >= 4 is 11.6 Å². The number of amides is 1. The first-order valence-electron chi connectivity index (χ1n) is 7.19. The molecule has 0 aliphatic rings. The average molecular weight is 301 g/mol. The van der Waals surface area contributed by atoms with Crippen molar-refractivity contribution in [1.82, 2.24) is 0 Å². The molecule has 0 N–H and O–H groups in total. The standard InChI is InChI=1S/C18H20FNO2/c1-13-4-9-17(14(2)12-13)20(3)18(21)10-11-22-16-7-5-15(19)6-8-16/h4-9,12H,10-11H2,1-3H3. The van der Waals surface area contributed by atoms with Crippen molar-refractivity contribution in [2.75, 3.05) is 18.6 Å². The van der Waals surface area contributed by atoms with Gasteiger partial charge in [0.15, 0.2) is 0 Å². The van der Waals surface area contributed by atoms with Gasteiger partial charge in [-0.25, -0.2) is 4.39 Å². The second kappa shape index (κ2) is 7.07. The lowest BCUT2D eigenvalue weighted by molar-refractivity contribution is -0.118. The van der Waals surface area contributed by atoms with E-state index in [4.69, 9.17) is 4.74 Å². The van der Waals surface area contributed by atoms with E-state index in [9.17, 15) is 9.18 Å². The SMILES string of the molecule is Cc1ccc(N(C)C(=O)CCOc2ccc(F)cc2)c(C)c1. The van der Waals surface area contributed by atoms with E-state index in [-0.39, 0.29) is 24.8 Å². The van der Waals surface area contributed by atoms with Gasteiger partial charge in [0.2, 0.25) is 5.91 Å². The zero-order valence-electron chi connectivity index (χ0n) is 13.1. The maximum atomic E-state index is 12.8. The fraction of sp³-hybridized carbons (Fsp3) is 0.278. The highest BCUT2D eigenvalue weighted by Crippen LogP contribution is 2.20. The number of carbonyl (C=O) groups excluding carboxylic acids is 1. The van der Waals surface area contributed by atoms with E-state index in [1.807, 2.05) is 32.0 Å². The molecule has 2 rings (SSSR count). The van der Waals surface area contributed by atoms with Crippen LogP contribution in [0.25, 0.3) is 0 Å². The minimum absolute atomic E-state index is 0.0194. The van der Waals surface area contributed by atoms with Crippen molar-refractivity contribution in [1.29, 1.82) is 0 Å². The minimum Gasteiger partial charge on any atom is -0.493 e. The molecule has 0 spiro atoms. The fourth-order valence-corrected chi connectivity index (χ4v) is 2.27. The Balaban J connectivity index is 1.90. The number of carbonyl (C=O) groups is 1. The topological polar surface area (TPSA) is 29.5 Å². The molecule has 0 saturated carbocycles. The van der Waals surface area contributed by atoms with Crippen LogP contribution in [-0.4, -0.2) is 19.6 Å². The largest absolute Gasteiger partial charge is 0.493 e. The number of benzene rings is 2. The molecule has 0 unspecified atom stereocenters. The summed E-state index contributed by atoms with van der Waals surface area (Å²) >= 11 is 0. The molecule has 1 amide bonds. The Bertz CT molecular complexity index is 653. The first kappa shape index (κ1) is 16.0. The smallest absolute Gasteiger partial charge is 0.230 e. The molecular weight excluding hydrogens is 281 g/mol. The molecule has 22 heavy (non-hydrogen) atoms. The Hall–Kier alpha value is -2.36. The van der Waals surface area contributed by atoms with Crippen molar-refractivity contribution in [2.24, 2.45) is 0 Å². The van der Waals surface area contributed by atoms with E-state index in [0.29, 0.717) is 5.75 Å². The zero-order chi connectivity index (χ0) is 16.1. The molecule has 0 saturated heterocycles. The third-order valence-corrected chi connectivity index (χ3v) is 3.49. The lowest BCUT2D eigenvalue weighted by Gasteiger charge is -2.20. The Morgan fingerprint density at radius 2 is 1.82 bits per heavy atom. The highest BCUT2D eigenvalue weighted by molar-refractivity contribution is 5.93. The van der Waals surface area contributed by atoms with Crippen LogP contribution in [0.4, 0.5) is 10.1 Å². The first-order chi connectivity index (χ1) is 10.5. The number of halogens is 1.